The van der Waals surface area contributed by atoms with E-state index in [1.807, 2.05) is 30.3 Å². The maximum absolute atomic E-state index is 12.1. The number of carbonyl (C=O) groups excluding carboxylic acids is 2. The molecule has 4 rings (SSSR count). The third-order valence-corrected chi connectivity index (χ3v) is 6.01. The Kier molecular flexibility index (Phi) is 8.82. The zero-order valence-electron chi connectivity index (χ0n) is 21.5. The highest BCUT2D eigenvalue weighted by molar-refractivity contribution is 5.81. The van der Waals surface area contributed by atoms with Gasteiger partial charge in [0, 0.05) is 36.3 Å². The molecule has 0 spiro atoms. The molecular weight excluding hydrogens is 510 g/mol. The van der Waals surface area contributed by atoms with Crippen LogP contribution in [0.1, 0.15) is 25.0 Å². The second-order valence-electron chi connectivity index (χ2n) is 8.90. The van der Waals surface area contributed by atoms with Gasteiger partial charge in [-0.25, -0.2) is 4.79 Å². The molecule has 1 aromatic heterocycles. The van der Waals surface area contributed by atoms with Crippen molar-refractivity contribution in [3.63, 3.8) is 0 Å². The Hall–Kier alpha value is -4.38. The van der Waals surface area contributed by atoms with Crippen LogP contribution in [-0.2, 0) is 35.1 Å². The number of nitrogens with zero attached hydrogens (tertiary/aromatic N) is 3. The van der Waals surface area contributed by atoms with Crippen molar-refractivity contribution in [2.24, 2.45) is 5.11 Å². The van der Waals surface area contributed by atoms with E-state index < -0.39 is 48.2 Å². The van der Waals surface area contributed by atoms with E-state index in [1.54, 1.807) is 19.1 Å². The number of hydrogen-bond donors (Lipinski definition) is 0. The van der Waals surface area contributed by atoms with Crippen LogP contribution in [0.4, 0.5) is 0 Å². The van der Waals surface area contributed by atoms with Crippen LogP contribution in [-0.4, -0.2) is 49.2 Å². The van der Waals surface area contributed by atoms with Crippen molar-refractivity contribution in [3.05, 3.63) is 86.6 Å². The Morgan fingerprint density at radius 2 is 1.82 bits per heavy atom. The fourth-order valence-corrected chi connectivity index (χ4v) is 4.31. The molecular formula is C27H27N3O9. The number of aryl methyl sites for hydroxylation is 1. The minimum atomic E-state index is -1.28. The number of ether oxygens (including phenoxy) is 5. The van der Waals surface area contributed by atoms with Crippen LogP contribution in [0.2, 0.25) is 0 Å². The molecule has 0 amide bonds. The van der Waals surface area contributed by atoms with Gasteiger partial charge in [-0.2, -0.15) is 0 Å². The maximum atomic E-state index is 12.1. The SMILES string of the molecule is CC(=O)OC[C@H]1O[C@@H](Oc2ccc3c(C)cc(=O)oc3c2)[C@H](N=[N+]=[N-])[C@@H](OC(C)=O)[C@@H]1OCc1ccccc1. The molecule has 0 unspecified atom stereocenters. The van der Waals surface area contributed by atoms with Crippen LogP contribution in [0.25, 0.3) is 21.4 Å². The Bertz CT molecular complexity index is 1440. The van der Waals surface area contributed by atoms with Crippen LogP contribution in [0.3, 0.4) is 0 Å². The predicted molar refractivity (Wildman–Crippen MR) is 137 cm³/mol. The summed E-state index contributed by atoms with van der Waals surface area (Å²) < 4.78 is 34.3. The first-order valence-corrected chi connectivity index (χ1v) is 12.1. The number of esters is 2. The number of rotatable bonds is 9. The second-order valence-corrected chi connectivity index (χ2v) is 8.90. The second kappa shape index (κ2) is 12.4. The molecule has 204 valence electrons. The van der Waals surface area contributed by atoms with Crippen LogP contribution in [0.15, 0.2) is 68.9 Å². The summed E-state index contributed by atoms with van der Waals surface area (Å²) in [7, 11) is 0. The monoisotopic (exact) mass is 537 g/mol. The van der Waals surface area contributed by atoms with Crippen molar-refractivity contribution in [1.82, 2.24) is 0 Å². The Morgan fingerprint density at radius 1 is 1.05 bits per heavy atom. The van der Waals surface area contributed by atoms with Gasteiger partial charge in [0.15, 0.2) is 0 Å². The molecule has 1 saturated heterocycles. The van der Waals surface area contributed by atoms with Gasteiger partial charge in [-0.3, -0.25) is 9.59 Å². The summed E-state index contributed by atoms with van der Waals surface area (Å²) in [6.07, 6.45) is -4.38. The third kappa shape index (κ3) is 6.94. The lowest BCUT2D eigenvalue weighted by Crippen LogP contribution is -2.61. The van der Waals surface area contributed by atoms with Crippen LogP contribution < -0.4 is 10.4 Å². The molecule has 39 heavy (non-hydrogen) atoms. The molecule has 0 N–H and O–H groups in total. The summed E-state index contributed by atoms with van der Waals surface area (Å²) in [5.74, 6) is -0.976. The lowest BCUT2D eigenvalue weighted by atomic mass is 9.96. The Balaban J connectivity index is 1.68. The van der Waals surface area contributed by atoms with Crippen molar-refractivity contribution >= 4 is 22.9 Å². The van der Waals surface area contributed by atoms with Gasteiger partial charge in [0.1, 0.15) is 42.3 Å². The van der Waals surface area contributed by atoms with Gasteiger partial charge >= 0.3 is 17.6 Å². The molecule has 3 aromatic rings. The largest absolute Gasteiger partial charge is 0.464 e. The normalized spacial score (nSPS) is 22.5. The first kappa shape index (κ1) is 27.6. The number of carbonyl (C=O) groups is 2. The average Bonchev–Trinajstić information content (AvgIpc) is 2.88. The van der Waals surface area contributed by atoms with E-state index in [1.165, 1.54) is 26.0 Å². The molecule has 2 aromatic carbocycles. The first-order valence-electron chi connectivity index (χ1n) is 12.1. The quantitative estimate of drug-likeness (QED) is 0.129. The molecule has 1 aliphatic heterocycles. The summed E-state index contributed by atoms with van der Waals surface area (Å²) in [6, 6.07) is 14.3. The minimum Gasteiger partial charge on any atom is -0.464 e. The number of azide groups is 1. The first-order chi connectivity index (χ1) is 18.7. The van der Waals surface area contributed by atoms with E-state index in [-0.39, 0.29) is 24.5 Å². The summed E-state index contributed by atoms with van der Waals surface area (Å²) >= 11 is 0. The molecule has 0 aliphatic carbocycles. The zero-order valence-corrected chi connectivity index (χ0v) is 21.5. The fourth-order valence-electron chi connectivity index (χ4n) is 4.31. The number of benzene rings is 2. The van der Waals surface area contributed by atoms with Gasteiger partial charge in [-0.05, 0) is 35.7 Å². The van der Waals surface area contributed by atoms with Gasteiger partial charge in [0.05, 0.1) is 6.61 Å². The van der Waals surface area contributed by atoms with Crippen LogP contribution in [0.5, 0.6) is 5.75 Å². The smallest absolute Gasteiger partial charge is 0.336 e. The van der Waals surface area contributed by atoms with Crippen molar-refractivity contribution in [2.75, 3.05) is 6.61 Å². The van der Waals surface area contributed by atoms with E-state index >= 15 is 0 Å². The molecule has 0 saturated carbocycles. The lowest BCUT2D eigenvalue weighted by Gasteiger charge is -2.43. The summed E-state index contributed by atoms with van der Waals surface area (Å²) in [5, 5.41) is 4.52. The van der Waals surface area contributed by atoms with E-state index in [2.05, 4.69) is 10.0 Å². The van der Waals surface area contributed by atoms with Gasteiger partial charge in [-0.15, -0.1) is 0 Å². The highest BCUT2D eigenvalue weighted by Crippen LogP contribution is 2.32. The average molecular weight is 538 g/mol. The molecule has 0 radical (unpaired) electrons. The lowest BCUT2D eigenvalue weighted by molar-refractivity contribution is -0.258. The van der Waals surface area contributed by atoms with E-state index in [9.17, 15) is 19.9 Å². The Labute approximate surface area is 223 Å². The molecule has 1 fully saturated rings. The van der Waals surface area contributed by atoms with E-state index in [0.717, 1.165) is 11.1 Å². The Morgan fingerprint density at radius 3 is 2.51 bits per heavy atom. The highest BCUT2D eigenvalue weighted by atomic mass is 16.7. The molecule has 0 bridgehead atoms. The van der Waals surface area contributed by atoms with Gasteiger partial charge in [0.25, 0.3) is 0 Å². The van der Waals surface area contributed by atoms with Crippen molar-refractivity contribution in [2.45, 2.75) is 58.0 Å². The van der Waals surface area contributed by atoms with E-state index in [0.29, 0.717) is 5.39 Å². The number of hydrogen-bond acceptors (Lipinski definition) is 10. The fraction of sp³-hybridized carbons (Fsp3) is 0.370. The van der Waals surface area contributed by atoms with Crippen LogP contribution >= 0.6 is 0 Å². The summed E-state index contributed by atoms with van der Waals surface area (Å²) in [5.41, 5.74) is 10.7. The highest BCUT2D eigenvalue weighted by Gasteiger charge is 2.50. The molecule has 2 heterocycles. The molecule has 12 heteroatoms. The predicted octanol–water partition coefficient (Wildman–Crippen LogP) is 3.96. The van der Waals surface area contributed by atoms with Gasteiger partial charge in [0.2, 0.25) is 6.29 Å². The zero-order chi connectivity index (χ0) is 27.9. The topological polar surface area (TPSA) is 159 Å². The standard InChI is InChI=1S/C27H27N3O9/c1-15-11-23(33)38-21-12-19(9-10-20(15)21)37-27-24(29-30-28)26(36-17(3)32)25(22(39-27)14-34-16(2)31)35-13-18-7-5-4-6-8-18/h4-12,22,24-27H,13-14H2,1-3H3/t22-,24-,25-,26-,27-/m1/s1. The van der Waals surface area contributed by atoms with Gasteiger partial charge in [-0.1, -0.05) is 35.4 Å². The molecule has 12 nitrogen and oxygen atoms in total. The van der Waals surface area contributed by atoms with Crippen LogP contribution in [0, 0.1) is 6.92 Å². The summed E-state index contributed by atoms with van der Waals surface area (Å²) in [6.45, 7) is 4.10. The van der Waals surface area contributed by atoms with Crippen molar-refractivity contribution in [1.29, 1.82) is 0 Å². The number of fused-ring (bicyclic) bond motifs is 1. The van der Waals surface area contributed by atoms with E-state index in [4.69, 9.17) is 28.1 Å². The third-order valence-electron chi connectivity index (χ3n) is 6.01. The minimum absolute atomic E-state index is 0.112. The summed E-state index contributed by atoms with van der Waals surface area (Å²) in [4.78, 5) is 38.5. The van der Waals surface area contributed by atoms with Crippen molar-refractivity contribution < 1.29 is 37.7 Å². The van der Waals surface area contributed by atoms with Crippen molar-refractivity contribution in [3.8, 4) is 5.75 Å². The van der Waals surface area contributed by atoms with Gasteiger partial charge < -0.3 is 28.1 Å². The molecule has 1 aliphatic rings. The maximum Gasteiger partial charge on any atom is 0.336 e. The molecule has 5 atom stereocenters.